The van der Waals surface area contributed by atoms with Crippen molar-refractivity contribution in [3.63, 3.8) is 0 Å². The van der Waals surface area contributed by atoms with Gasteiger partial charge in [-0.15, -0.1) is 0 Å². The minimum absolute atomic E-state index is 0.641. The van der Waals surface area contributed by atoms with Gasteiger partial charge in [0.05, 0.1) is 0 Å². The average molecular weight is 365 g/mol. The summed E-state index contributed by atoms with van der Waals surface area (Å²) in [6.45, 7) is 9.22. The Balaban J connectivity index is 1.56. The van der Waals surface area contributed by atoms with Crippen LogP contribution in [-0.4, -0.2) is 0 Å². The van der Waals surface area contributed by atoms with E-state index in [-0.39, 0.29) is 0 Å². The fourth-order valence-electron chi connectivity index (χ4n) is 4.17. The van der Waals surface area contributed by atoms with Crippen molar-refractivity contribution in [1.29, 1.82) is 0 Å². The maximum absolute atomic E-state index is 2.32. The molecule has 0 aliphatic carbocycles. The zero-order valence-electron chi connectivity index (χ0n) is 18.1. The van der Waals surface area contributed by atoms with Crippen LogP contribution in [0.4, 0.5) is 0 Å². The topological polar surface area (TPSA) is 0 Å². The molecule has 0 fully saturated rings. The standard InChI is InChI=1S/C27H40/c1-22(2)26-20-14-12-18-24(26)16-10-8-6-5-7-9-11-17-25-19-13-15-21-27(25)23(3)4/h12-15,18-23H,5-11,16-17H2,1-4H3. The summed E-state index contributed by atoms with van der Waals surface area (Å²) in [6, 6.07) is 18.0. The van der Waals surface area contributed by atoms with E-state index in [1.807, 2.05) is 0 Å². The van der Waals surface area contributed by atoms with E-state index >= 15 is 0 Å². The monoisotopic (exact) mass is 364 g/mol. The van der Waals surface area contributed by atoms with Gasteiger partial charge in [0.25, 0.3) is 0 Å². The lowest BCUT2D eigenvalue weighted by Gasteiger charge is -2.12. The minimum Gasteiger partial charge on any atom is -0.0620 e. The van der Waals surface area contributed by atoms with Gasteiger partial charge in [0.15, 0.2) is 0 Å². The third-order valence-electron chi connectivity index (χ3n) is 5.75. The van der Waals surface area contributed by atoms with Crippen LogP contribution in [0.15, 0.2) is 48.5 Å². The third-order valence-corrected chi connectivity index (χ3v) is 5.75. The number of aryl methyl sites for hydroxylation is 2. The predicted octanol–water partition coefficient (Wildman–Crippen LogP) is 8.45. The molecule has 2 rings (SSSR count). The van der Waals surface area contributed by atoms with Gasteiger partial charge in [-0.05, 0) is 59.8 Å². The van der Waals surface area contributed by atoms with Crippen LogP contribution in [0.25, 0.3) is 0 Å². The van der Waals surface area contributed by atoms with Crippen molar-refractivity contribution in [3.05, 3.63) is 70.8 Å². The van der Waals surface area contributed by atoms with Gasteiger partial charge < -0.3 is 0 Å². The van der Waals surface area contributed by atoms with Crippen molar-refractivity contribution in [2.45, 2.75) is 97.3 Å². The summed E-state index contributed by atoms with van der Waals surface area (Å²) in [5.41, 5.74) is 6.21. The largest absolute Gasteiger partial charge is 0.0620 e. The number of benzene rings is 2. The van der Waals surface area contributed by atoms with Crippen LogP contribution in [0, 0.1) is 0 Å². The van der Waals surface area contributed by atoms with E-state index in [1.165, 1.54) is 57.8 Å². The van der Waals surface area contributed by atoms with Crippen molar-refractivity contribution in [2.75, 3.05) is 0 Å². The van der Waals surface area contributed by atoms with Crippen LogP contribution >= 0.6 is 0 Å². The minimum atomic E-state index is 0.641. The fourth-order valence-corrected chi connectivity index (χ4v) is 4.17. The second kappa shape index (κ2) is 12.0. The summed E-state index contributed by atoms with van der Waals surface area (Å²) in [7, 11) is 0. The van der Waals surface area contributed by atoms with E-state index in [9.17, 15) is 0 Å². The number of hydrogen-bond donors (Lipinski definition) is 0. The first-order valence-electron chi connectivity index (χ1n) is 11.2. The SMILES string of the molecule is CC(C)c1ccccc1CCCCCCCCCc1ccccc1C(C)C. The summed E-state index contributed by atoms with van der Waals surface area (Å²) in [5, 5.41) is 0. The summed E-state index contributed by atoms with van der Waals surface area (Å²) >= 11 is 0. The molecule has 0 N–H and O–H groups in total. The Hall–Kier alpha value is -1.56. The van der Waals surface area contributed by atoms with E-state index in [0.29, 0.717) is 11.8 Å². The molecule has 0 aromatic heterocycles. The van der Waals surface area contributed by atoms with Gasteiger partial charge >= 0.3 is 0 Å². The first-order chi connectivity index (χ1) is 13.1. The highest BCUT2D eigenvalue weighted by Crippen LogP contribution is 2.22. The molecule has 148 valence electrons. The molecule has 0 bridgehead atoms. The molecule has 0 saturated heterocycles. The Bertz CT molecular complexity index is 593. The Morgan fingerprint density at radius 1 is 0.481 bits per heavy atom. The number of hydrogen-bond acceptors (Lipinski definition) is 0. The van der Waals surface area contributed by atoms with E-state index in [0.717, 1.165) is 0 Å². The first-order valence-corrected chi connectivity index (χ1v) is 11.2. The van der Waals surface area contributed by atoms with Crippen molar-refractivity contribution >= 4 is 0 Å². The van der Waals surface area contributed by atoms with Gasteiger partial charge in [0.2, 0.25) is 0 Å². The van der Waals surface area contributed by atoms with Crippen LogP contribution < -0.4 is 0 Å². The van der Waals surface area contributed by atoms with Crippen LogP contribution in [0.3, 0.4) is 0 Å². The maximum atomic E-state index is 2.32. The molecule has 0 aliphatic rings. The first kappa shape index (κ1) is 21.7. The van der Waals surface area contributed by atoms with Crippen molar-refractivity contribution < 1.29 is 0 Å². The van der Waals surface area contributed by atoms with Crippen LogP contribution in [-0.2, 0) is 12.8 Å². The van der Waals surface area contributed by atoms with Crippen molar-refractivity contribution in [2.24, 2.45) is 0 Å². The van der Waals surface area contributed by atoms with Crippen molar-refractivity contribution in [3.8, 4) is 0 Å². The molecule has 2 aromatic rings. The van der Waals surface area contributed by atoms with Gasteiger partial charge in [0, 0.05) is 0 Å². The normalized spacial score (nSPS) is 11.5. The van der Waals surface area contributed by atoms with Gasteiger partial charge in [0.1, 0.15) is 0 Å². The van der Waals surface area contributed by atoms with Crippen LogP contribution in [0.2, 0.25) is 0 Å². The average Bonchev–Trinajstić information content (AvgIpc) is 2.67. The van der Waals surface area contributed by atoms with Gasteiger partial charge in [-0.2, -0.15) is 0 Å². The zero-order chi connectivity index (χ0) is 19.5. The van der Waals surface area contributed by atoms with Gasteiger partial charge in [-0.25, -0.2) is 0 Å². The summed E-state index contributed by atoms with van der Waals surface area (Å²) in [4.78, 5) is 0. The smallest absolute Gasteiger partial charge is 0.0216 e. The second-order valence-electron chi connectivity index (χ2n) is 8.68. The molecule has 0 atom stereocenters. The van der Waals surface area contributed by atoms with Gasteiger partial charge in [-0.1, -0.05) is 108 Å². The van der Waals surface area contributed by atoms with Crippen LogP contribution in [0.1, 0.15) is 107 Å². The molecule has 0 saturated carbocycles. The van der Waals surface area contributed by atoms with Crippen LogP contribution in [0.5, 0.6) is 0 Å². The molecular formula is C27H40. The molecule has 0 heteroatoms. The molecular weight excluding hydrogens is 324 g/mol. The molecule has 0 radical (unpaired) electrons. The quantitative estimate of drug-likeness (QED) is 0.331. The van der Waals surface area contributed by atoms with E-state index in [1.54, 1.807) is 22.3 Å². The Morgan fingerprint density at radius 2 is 0.815 bits per heavy atom. The Labute approximate surface area is 168 Å². The number of unbranched alkanes of at least 4 members (excludes halogenated alkanes) is 6. The molecule has 2 aromatic carbocycles. The lowest BCUT2D eigenvalue weighted by Crippen LogP contribution is -1.97. The third kappa shape index (κ3) is 7.53. The van der Waals surface area contributed by atoms with Crippen molar-refractivity contribution in [1.82, 2.24) is 0 Å². The highest BCUT2D eigenvalue weighted by atomic mass is 14.1. The maximum Gasteiger partial charge on any atom is -0.0216 e. The van der Waals surface area contributed by atoms with E-state index in [2.05, 4.69) is 76.2 Å². The molecule has 0 spiro atoms. The van der Waals surface area contributed by atoms with E-state index < -0.39 is 0 Å². The van der Waals surface area contributed by atoms with E-state index in [4.69, 9.17) is 0 Å². The van der Waals surface area contributed by atoms with Gasteiger partial charge in [-0.3, -0.25) is 0 Å². The predicted molar refractivity (Wildman–Crippen MR) is 121 cm³/mol. The lowest BCUT2D eigenvalue weighted by atomic mass is 9.93. The lowest BCUT2D eigenvalue weighted by molar-refractivity contribution is 0.577. The summed E-state index contributed by atoms with van der Waals surface area (Å²) < 4.78 is 0. The molecule has 0 unspecified atom stereocenters. The highest BCUT2D eigenvalue weighted by Gasteiger charge is 2.06. The zero-order valence-corrected chi connectivity index (χ0v) is 18.1. The highest BCUT2D eigenvalue weighted by molar-refractivity contribution is 5.30. The number of rotatable bonds is 12. The summed E-state index contributed by atoms with van der Waals surface area (Å²) in [5.74, 6) is 1.28. The molecule has 27 heavy (non-hydrogen) atoms. The molecule has 0 nitrogen and oxygen atoms in total. The molecule has 0 heterocycles. The Morgan fingerprint density at radius 3 is 1.19 bits per heavy atom. The molecule has 0 aliphatic heterocycles. The Kier molecular flexibility index (Phi) is 9.67. The molecule has 0 amide bonds. The summed E-state index contributed by atoms with van der Waals surface area (Å²) in [6.07, 6.45) is 12.1. The fraction of sp³-hybridized carbons (Fsp3) is 0.556. The second-order valence-corrected chi connectivity index (χ2v) is 8.68.